The molecule has 2 aliphatic rings. The summed E-state index contributed by atoms with van der Waals surface area (Å²) in [5, 5.41) is 0. The van der Waals surface area contributed by atoms with Crippen LogP contribution in [0.25, 0.3) is 0 Å². The Labute approximate surface area is 125 Å². The van der Waals surface area contributed by atoms with Crippen molar-refractivity contribution in [2.45, 2.75) is 25.8 Å². The number of carbonyl (C=O) groups is 1. The lowest BCUT2D eigenvalue weighted by atomic mass is 9.78. The summed E-state index contributed by atoms with van der Waals surface area (Å²) in [6.45, 7) is 4.92. The van der Waals surface area contributed by atoms with Gasteiger partial charge in [-0.05, 0) is 37.9 Å². The number of amides is 1. The maximum absolute atomic E-state index is 12.8. The second kappa shape index (κ2) is 6.20. The second-order valence-corrected chi connectivity index (χ2v) is 6.21. The molecular weight excluding hydrogens is 268 g/mol. The van der Waals surface area contributed by atoms with E-state index in [0.29, 0.717) is 12.5 Å². The lowest BCUT2D eigenvalue weighted by Gasteiger charge is -2.38. The summed E-state index contributed by atoms with van der Waals surface area (Å²) in [4.78, 5) is 17.1. The average molecular weight is 292 g/mol. The van der Waals surface area contributed by atoms with Crippen molar-refractivity contribution in [2.24, 2.45) is 5.41 Å². The Kier molecular flexibility index (Phi) is 4.31. The summed E-state index contributed by atoms with van der Waals surface area (Å²) in [7, 11) is 1.68. The van der Waals surface area contributed by atoms with Gasteiger partial charge in [-0.25, -0.2) is 0 Å². The first-order valence-corrected chi connectivity index (χ1v) is 7.77. The molecule has 0 aromatic carbocycles. The van der Waals surface area contributed by atoms with E-state index in [1.54, 1.807) is 13.4 Å². The number of furan rings is 1. The van der Waals surface area contributed by atoms with E-state index in [9.17, 15) is 4.79 Å². The van der Waals surface area contributed by atoms with Crippen LogP contribution in [0.4, 0.5) is 0 Å². The predicted octanol–water partition coefficient (Wildman–Crippen LogP) is 1.74. The van der Waals surface area contributed by atoms with Crippen molar-refractivity contribution in [2.75, 3.05) is 39.9 Å². The monoisotopic (exact) mass is 292 g/mol. The number of carbonyl (C=O) groups excluding carboxylic acids is 1. The zero-order chi connectivity index (χ0) is 14.7. The smallest absolute Gasteiger partial charge is 0.230 e. The third kappa shape index (κ3) is 2.99. The molecule has 2 fully saturated rings. The molecule has 1 amide bonds. The van der Waals surface area contributed by atoms with Gasteiger partial charge in [0.15, 0.2) is 0 Å². The van der Waals surface area contributed by atoms with E-state index in [0.717, 1.165) is 57.7 Å². The number of piperidine rings is 1. The van der Waals surface area contributed by atoms with Crippen molar-refractivity contribution < 1.29 is 13.9 Å². The lowest BCUT2D eigenvalue weighted by Crippen LogP contribution is -2.47. The molecule has 5 nitrogen and oxygen atoms in total. The van der Waals surface area contributed by atoms with E-state index in [-0.39, 0.29) is 5.41 Å². The number of rotatable bonds is 5. The van der Waals surface area contributed by atoms with E-state index >= 15 is 0 Å². The minimum atomic E-state index is -0.168. The predicted molar refractivity (Wildman–Crippen MR) is 78.7 cm³/mol. The number of methoxy groups -OCH3 is 1. The summed E-state index contributed by atoms with van der Waals surface area (Å²) < 4.78 is 10.5. The molecule has 21 heavy (non-hydrogen) atoms. The van der Waals surface area contributed by atoms with Gasteiger partial charge in [-0.2, -0.15) is 0 Å². The minimum absolute atomic E-state index is 0.168. The summed E-state index contributed by atoms with van der Waals surface area (Å²) in [5.41, 5.74) is -0.168. The number of nitrogens with zero attached hydrogens (tertiary/aromatic N) is 2. The van der Waals surface area contributed by atoms with Crippen molar-refractivity contribution in [1.82, 2.24) is 9.80 Å². The maximum atomic E-state index is 12.8. The molecule has 0 bridgehead atoms. The van der Waals surface area contributed by atoms with Crippen LogP contribution in [0.3, 0.4) is 0 Å². The Morgan fingerprint density at radius 3 is 3.05 bits per heavy atom. The normalized spacial score (nSPS) is 26.9. The molecule has 5 heteroatoms. The first-order chi connectivity index (χ1) is 10.2. The Balaban J connectivity index is 1.63. The van der Waals surface area contributed by atoms with Crippen LogP contribution in [0.1, 0.15) is 25.0 Å². The number of hydrogen-bond acceptors (Lipinski definition) is 4. The first-order valence-electron chi connectivity index (χ1n) is 7.77. The molecule has 116 valence electrons. The number of likely N-dealkylation sites (tertiary alicyclic amines) is 2. The quantitative estimate of drug-likeness (QED) is 0.829. The van der Waals surface area contributed by atoms with E-state index in [4.69, 9.17) is 9.15 Å². The summed E-state index contributed by atoms with van der Waals surface area (Å²) in [5.74, 6) is 1.30. The highest BCUT2D eigenvalue weighted by atomic mass is 16.5. The third-order valence-corrected chi connectivity index (χ3v) is 4.78. The van der Waals surface area contributed by atoms with E-state index < -0.39 is 0 Å². The molecular formula is C16H24N2O3. The summed E-state index contributed by atoms with van der Waals surface area (Å²) >= 11 is 0. The maximum Gasteiger partial charge on any atom is 0.230 e. The fourth-order valence-corrected chi connectivity index (χ4v) is 3.67. The standard InChI is InChI=1S/C16H24N2O3/c1-20-11-9-18-8-6-16(15(18)19)5-3-7-17(13-16)12-14-4-2-10-21-14/h2,4,10H,3,5-9,11-13H2,1H3. The highest BCUT2D eigenvalue weighted by Crippen LogP contribution is 2.40. The van der Waals surface area contributed by atoms with Gasteiger partial charge in [0.25, 0.3) is 0 Å². The highest BCUT2D eigenvalue weighted by molar-refractivity contribution is 5.85. The molecule has 2 aliphatic heterocycles. The van der Waals surface area contributed by atoms with Crippen LogP contribution in [-0.4, -0.2) is 55.6 Å². The Morgan fingerprint density at radius 2 is 2.29 bits per heavy atom. The zero-order valence-corrected chi connectivity index (χ0v) is 12.7. The molecule has 0 saturated carbocycles. The Hall–Kier alpha value is -1.33. The topological polar surface area (TPSA) is 45.9 Å². The Morgan fingerprint density at radius 1 is 1.38 bits per heavy atom. The molecule has 0 N–H and O–H groups in total. The van der Waals surface area contributed by atoms with Crippen LogP contribution in [0.15, 0.2) is 22.8 Å². The minimum Gasteiger partial charge on any atom is -0.468 e. The largest absolute Gasteiger partial charge is 0.468 e. The molecule has 3 rings (SSSR count). The van der Waals surface area contributed by atoms with Crippen LogP contribution in [0.5, 0.6) is 0 Å². The van der Waals surface area contributed by atoms with Crippen molar-refractivity contribution in [1.29, 1.82) is 0 Å². The van der Waals surface area contributed by atoms with Crippen molar-refractivity contribution in [3.8, 4) is 0 Å². The van der Waals surface area contributed by atoms with Crippen molar-refractivity contribution in [3.05, 3.63) is 24.2 Å². The molecule has 3 heterocycles. The van der Waals surface area contributed by atoms with Gasteiger partial charge in [-0.3, -0.25) is 9.69 Å². The van der Waals surface area contributed by atoms with Crippen molar-refractivity contribution >= 4 is 5.91 Å². The fraction of sp³-hybridized carbons (Fsp3) is 0.688. The van der Waals surface area contributed by atoms with Crippen LogP contribution >= 0.6 is 0 Å². The van der Waals surface area contributed by atoms with Gasteiger partial charge >= 0.3 is 0 Å². The van der Waals surface area contributed by atoms with Crippen LogP contribution in [0, 0.1) is 5.41 Å². The summed E-state index contributed by atoms with van der Waals surface area (Å²) in [6.07, 6.45) is 4.79. The summed E-state index contributed by atoms with van der Waals surface area (Å²) in [6, 6.07) is 3.92. The van der Waals surface area contributed by atoms with Gasteiger partial charge < -0.3 is 14.1 Å². The van der Waals surface area contributed by atoms with Gasteiger partial charge in [0.1, 0.15) is 5.76 Å². The van der Waals surface area contributed by atoms with Crippen LogP contribution in [0.2, 0.25) is 0 Å². The van der Waals surface area contributed by atoms with Crippen molar-refractivity contribution in [3.63, 3.8) is 0 Å². The number of hydrogen-bond donors (Lipinski definition) is 0. The third-order valence-electron chi connectivity index (χ3n) is 4.78. The SMILES string of the molecule is COCCN1CCC2(CCCN(Cc3ccco3)C2)C1=O. The highest BCUT2D eigenvalue weighted by Gasteiger charge is 2.48. The van der Waals surface area contributed by atoms with Gasteiger partial charge in [0, 0.05) is 26.7 Å². The molecule has 1 unspecified atom stereocenters. The average Bonchev–Trinajstić information content (AvgIpc) is 3.09. The van der Waals surface area contributed by atoms with Gasteiger partial charge in [-0.15, -0.1) is 0 Å². The molecule has 2 saturated heterocycles. The Bertz CT molecular complexity index is 474. The molecule has 1 aromatic heterocycles. The van der Waals surface area contributed by atoms with E-state index in [1.807, 2.05) is 17.0 Å². The second-order valence-electron chi connectivity index (χ2n) is 6.21. The first kappa shape index (κ1) is 14.6. The molecule has 1 spiro atoms. The fourth-order valence-electron chi connectivity index (χ4n) is 3.67. The number of ether oxygens (including phenoxy) is 1. The lowest BCUT2D eigenvalue weighted by molar-refractivity contribution is -0.139. The van der Waals surface area contributed by atoms with Crippen LogP contribution < -0.4 is 0 Å². The van der Waals surface area contributed by atoms with Gasteiger partial charge in [0.2, 0.25) is 5.91 Å². The van der Waals surface area contributed by atoms with Gasteiger partial charge in [-0.1, -0.05) is 0 Å². The van der Waals surface area contributed by atoms with E-state index in [2.05, 4.69) is 4.90 Å². The molecule has 1 atom stereocenters. The zero-order valence-electron chi connectivity index (χ0n) is 12.7. The molecule has 0 radical (unpaired) electrons. The molecule has 0 aliphatic carbocycles. The van der Waals surface area contributed by atoms with Crippen LogP contribution in [-0.2, 0) is 16.1 Å². The van der Waals surface area contributed by atoms with E-state index in [1.165, 1.54) is 0 Å². The molecule has 1 aromatic rings. The van der Waals surface area contributed by atoms with Gasteiger partial charge in [0.05, 0.1) is 24.8 Å².